The van der Waals surface area contributed by atoms with Crippen LogP contribution in [0.15, 0.2) is 76.3 Å². The van der Waals surface area contributed by atoms with E-state index in [0.29, 0.717) is 27.0 Å². The van der Waals surface area contributed by atoms with Gasteiger partial charge in [0.15, 0.2) is 5.95 Å². The van der Waals surface area contributed by atoms with E-state index >= 15 is 0 Å². The fraction of sp³-hybridized carbons (Fsp3) is 0.0455. The van der Waals surface area contributed by atoms with Gasteiger partial charge < -0.3 is 9.63 Å². The van der Waals surface area contributed by atoms with Crippen LogP contribution in [0.1, 0.15) is 16.1 Å². The number of aromatic nitrogens is 3. The highest BCUT2D eigenvalue weighted by atomic mass is 35.5. The first-order valence-electron chi connectivity index (χ1n) is 9.04. The average Bonchev–Trinajstić information content (AvgIpc) is 3.20. The number of thioether (sulfide) groups is 1. The first kappa shape index (κ1) is 20.6. The zero-order valence-corrected chi connectivity index (χ0v) is 17.4. The third-order valence-corrected chi connectivity index (χ3v) is 5.58. The quantitative estimate of drug-likeness (QED) is 0.252. The van der Waals surface area contributed by atoms with Gasteiger partial charge in [0.2, 0.25) is 11.5 Å². The number of pyridine rings is 1. The number of hydrogen-bond acceptors (Lipinski definition) is 7. The summed E-state index contributed by atoms with van der Waals surface area (Å²) in [7, 11) is 0. The molecule has 2 aromatic carbocycles. The van der Waals surface area contributed by atoms with Crippen molar-refractivity contribution in [2.75, 3.05) is 5.75 Å². The molecule has 9 heteroatoms. The number of rotatable bonds is 6. The number of Topliss-reactive ketones (excluding diaryl/α,β-unsaturated/α-hetero) is 1. The molecule has 0 saturated heterocycles. The van der Waals surface area contributed by atoms with E-state index in [2.05, 4.69) is 16.3 Å². The van der Waals surface area contributed by atoms with Crippen molar-refractivity contribution in [1.29, 1.82) is 5.26 Å². The van der Waals surface area contributed by atoms with Gasteiger partial charge in [0, 0.05) is 22.7 Å². The van der Waals surface area contributed by atoms with Gasteiger partial charge >= 0.3 is 5.69 Å². The van der Waals surface area contributed by atoms with Crippen LogP contribution in [0.5, 0.6) is 5.95 Å². The van der Waals surface area contributed by atoms with Crippen LogP contribution in [0.2, 0.25) is 5.02 Å². The summed E-state index contributed by atoms with van der Waals surface area (Å²) in [6.45, 7) is 0. The fourth-order valence-corrected chi connectivity index (χ4v) is 3.81. The maximum absolute atomic E-state index is 12.8. The Labute approximate surface area is 186 Å². The second-order valence-electron chi connectivity index (χ2n) is 6.34. The summed E-state index contributed by atoms with van der Waals surface area (Å²) < 4.78 is 5.88. The first-order valence-corrected chi connectivity index (χ1v) is 10.4. The second kappa shape index (κ2) is 9.00. The zero-order valence-electron chi connectivity index (χ0n) is 15.9. The molecule has 0 bridgehead atoms. The van der Waals surface area contributed by atoms with Crippen molar-refractivity contribution < 1.29 is 19.1 Å². The van der Waals surface area contributed by atoms with Gasteiger partial charge in [0.25, 0.3) is 0 Å². The van der Waals surface area contributed by atoms with Crippen LogP contribution in [0, 0.1) is 11.3 Å². The Morgan fingerprint density at radius 3 is 2.58 bits per heavy atom. The minimum absolute atomic E-state index is 0.116. The summed E-state index contributed by atoms with van der Waals surface area (Å²) in [5.41, 5.74) is 2.14. The van der Waals surface area contributed by atoms with E-state index in [9.17, 15) is 15.2 Å². The molecule has 0 aliphatic heterocycles. The molecular weight excluding hydrogens is 436 g/mol. The Hall–Kier alpha value is -3.67. The summed E-state index contributed by atoms with van der Waals surface area (Å²) in [5.74, 6) is -1.42. The van der Waals surface area contributed by atoms with Gasteiger partial charge in [0.1, 0.15) is 11.1 Å². The number of nitriles is 1. The highest BCUT2D eigenvalue weighted by molar-refractivity contribution is 8.00. The van der Waals surface area contributed by atoms with E-state index in [1.165, 1.54) is 4.68 Å². The summed E-state index contributed by atoms with van der Waals surface area (Å²) in [5, 5.41) is 26.2. The Balaban J connectivity index is 1.59. The van der Waals surface area contributed by atoms with E-state index in [0.717, 1.165) is 17.3 Å². The number of halogens is 1. The molecule has 0 saturated carbocycles. The fourth-order valence-electron chi connectivity index (χ4n) is 2.85. The lowest BCUT2D eigenvalue weighted by Gasteiger charge is -2.06. The van der Waals surface area contributed by atoms with Crippen LogP contribution in [0.25, 0.3) is 16.9 Å². The van der Waals surface area contributed by atoms with Gasteiger partial charge in [-0.05, 0) is 28.9 Å². The van der Waals surface area contributed by atoms with Crippen molar-refractivity contribution in [2.45, 2.75) is 5.03 Å². The van der Waals surface area contributed by atoms with Crippen LogP contribution in [0.4, 0.5) is 0 Å². The molecule has 152 valence electrons. The zero-order chi connectivity index (χ0) is 21.8. The Morgan fingerprint density at radius 1 is 1.13 bits per heavy atom. The van der Waals surface area contributed by atoms with Crippen LogP contribution >= 0.6 is 23.4 Å². The van der Waals surface area contributed by atoms with Gasteiger partial charge in [-0.15, -0.1) is 0 Å². The largest absolute Gasteiger partial charge is 0.539 e. The standard InChI is InChI=1S/C22H13ClN4O3S/c23-16-9-6-14(7-10-16)18-11-8-15(12-24)21(25-18)31-13-19(28)20-22(29)30-26-27(20)17-4-2-1-3-5-17/h1-11H,13H2. The topological polar surface area (TPSA) is 107 Å². The lowest BCUT2D eigenvalue weighted by atomic mass is 10.1. The number of benzene rings is 2. The predicted molar refractivity (Wildman–Crippen MR) is 112 cm³/mol. The second-order valence-corrected chi connectivity index (χ2v) is 7.74. The van der Waals surface area contributed by atoms with E-state index < -0.39 is 11.7 Å². The molecule has 0 fully saturated rings. The summed E-state index contributed by atoms with van der Waals surface area (Å²) in [4.78, 5) is 17.3. The molecule has 0 atom stereocenters. The Kier molecular flexibility index (Phi) is 5.98. The molecule has 0 unspecified atom stereocenters. The molecule has 0 spiro atoms. The summed E-state index contributed by atoms with van der Waals surface area (Å²) >= 11 is 7.01. The van der Waals surface area contributed by atoms with Crippen molar-refractivity contribution >= 4 is 29.1 Å². The number of nitrogens with zero attached hydrogens (tertiary/aromatic N) is 4. The summed E-state index contributed by atoms with van der Waals surface area (Å²) in [6, 6.07) is 21.3. The highest BCUT2D eigenvalue weighted by Crippen LogP contribution is 2.27. The number of carbonyl (C=O) groups excluding carboxylic acids is 1. The lowest BCUT2D eigenvalue weighted by Crippen LogP contribution is -2.39. The van der Waals surface area contributed by atoms with Crippen molar-refractivity contribution in [2.24, 2.45) is 0 Å². The monoisotopic (exact) mass is 448 g/mol. The predicted octanol–water partition coefficient (Wildman–Crippen LogP) is 3.59. The minimum atomic E-state index is -0.821. The van der Waals surface area contributed by atoms with Crippen LogP contribution in [0.3, 0.4) is 0 Å². The van der Waals surface area contributed by atoms with Gasteiger partial charge in [-0.3, -0.25) is 4.79 Å². The number of para-hydroxylation sites is 1. The van der Waals surface area contributed by atoms with Gasteiger partial charge in [-0.2, -0.15) is 5.26 Å². The molecule has 4 aromatic rings. The molecule has 0 N–H and O–H groups in total. The molecule has 4 rings (SSSR count). The molecule has 2 heterocycles. The molecule has 0 amide bonds. The average molecular weight is 449 g/mol. The Morgan fingerprint density at radius 2 is 1.87 bits per heavy atom. The first-order chi connectivity index (χ1) is 15.1. The molecule has 0 aliphatic carbocycles. The van der Waals surface area contributed by atoms with Gasteiger partial charge in [-0.25, -0.2) is 4.98 Å². The highest BCUT2D eigenvalue weighted by Gasteiger charge is 2.27. The maximum atomic E-state index is 12.8. The number of hydrogen-bond donors (Lipinski definition) is 0. The van der Waals surface area contributed by atoms with E-state index in [-0.39, 0.29) is 11.4 Å². The third kappa shape index (κ3) is 4.43. The minimum Gasteiger partial charge on any atom is -0.539 e. The maximum Gasteiger partial charge on any atom is 0.307 e. The van der Waals surface area contributed by atoms with E-state index in [4.69, 9.17) is 16.1 Å². The molecule has 7 nitrogen and oxygen atoms in total. The normalized spacial score (nSPS) is 10.6. The van der Waals surface area contributed by atoms with Gasteiger partial charge in [-0.1, -0.05) is 53.7 Å². The van der Waals surface area contributed by atoms with Crippen LogP contribution in [-0.2, 0) is 0 Å². The van der Waals surface area contributed by atoms with Crippen molar-refractivity contribution in [1.82, 2.24) is 10.3 Å². The number of carbonyl (C=O) groups is 1. The van der Waals surface area contributed by atoms with Gasteiger partial charge in [0.05, 0.1) is 22.3 Å². The third-order valence-electron chi connectivity index (χ3n) is 4.34. The Bertz CT molecular complexity index is 1280. The van der Waals surface area contributed by atoms with E-state index in [1.54, 1.807) is 48.5 Å². The molecule has 0 aliphatic rings. The molecule has 2 aromatic heterocycles. The number of ketones is 1. The molecular formula is C22H13ClN4O3S. The van der Waals surface area contributed by atoms with E-state index in [1.807, 2.05) is 18.2 Å². The van der Waals surface area contributed by atoms with Crippen LogP contribution < -0.4 is 9.79 Å². The lowest BCUT2D eigenvalue weighted by molar-refractivity contribution is -0.672. The molecule has 0 radical (unpaired) electrons. The van der Waals surface area contributed by atoms with Crippen molar-refractivity contribution in [3.63, 3.8) is 0 Å². The van der Waals surface area contributed by atoms with Crippen LogP contribution in [-0.4, -0.2) is 21.8 Å². The molecule has 31 heavy (non-hydrogen) atoms. The summed E-state index contributed by atoms with van der Waals surface area (Å²) in [6.07, 6.45) is 0. The SMILES string of the molecule is N#Cc1ccc(-c2ccc(Cl)cc2)nc1SCC(=O)c1c([O-])on[n+]1-c1ccccc1. The van der Waals surface area contributed by atoms with Crippen molar-refractivity contribution in [3.8, 4) is 29.0 Å². The van der Waals surface area contributed by atoms with Crippen molar-refractivity contribution in [3.05, 3.63) is 83.0 Å². The smallest absolute Gasteiger partial charge is 0.307 e.